The van der Waals surface area contributed by atoms with Crippen LogP contribution in [-0.2, 0) is 55.0 Å². The van der Waals surface area contributed by atoms with Crippen LogP contribution in [0.4, 0.5) is 5.69 Å². The zero-order valence-electron chi connectivity index (χ0n) is 45.7. The number of rotatable bonds is 12. The minimum absolute atomic E-state index is 0. The number of aliphatic hydroxyl groups excluding tert-OH is 1. The predicted molar refractivity (Wildman–Crippen MR) is 287 cm³/mol. The molecule has 4 aromatic rings. The number of hydrogen-bond donors (Lipinski definition) is 11. The summed E-state index contributed by atoms with van der Waals surface area (Å²) < 4.78 is 13.6. The van der Waals surface area contributed by atoms with Crippen LogP contribution >= 0.6 is 0 Å². The molecule has 24 heteroatoms. The van der Waals surface area contributed by atoms with Gasteiger partial charge in [0.25, 0.3) is 5.91 Å². The van der Waals surface area contributed by atoms with Gasteiger partial charge in [-0.1, -0.05) is 81.9 Å². The first-order valence-corrected chi connectivity index (χ1v) is 26.4. The number of amides is 8. The van der Waals surface area contributed by atoms with Crippen LogP contribution in [0.1, 0.15) is 99.0 Å². The second-order valence-corrected chi connectivity index (χ2v) is 20.7. The molecule has 1 spiro atoms. The summed E-state index contributed by atoms with van der Waals surface area (Å²) >= 11 is 0. The molecule has 0 aromatic heterocycles. The van der Waals surface area contributed by atoms with Crippen molar-refractivity contribution >= 4 is 65.2 Å². The van der Waals surface area contributed by atoms with E-state index >= 15 is 0 Å². The second kappa shape index (κ2) is 25.7. The molecule has 23 nitrogen and oxygen atoms in total. The molecule has 0 aliphatic carbocycles. The normalized spacial score (nSPS) is 25.5. The number of aliphatic hydroxyl groups is 1. The van der Waals surface area contributed by atoms with Crippen LogP contribution in [0.25, 0.3) is 11.1 Å². The van der Waals surface area contributed by atoms with E-state index in [0.717, 1.165) is 11.1 Å². The molecule has 4 aromatic carbocycles. The number of nitrogens with one attached hydrogen (secondary N) is 9. The molecule has 0 fully saturated rings. The van der Waals surface area contributed by atoms with E-state index in [4.69, 9.17) is 9.47 Å². The van der Waals surface area contributed by atoms with Crippen LogP contribution in [-0.4, -0.2) is 131 Å². The van der Waals surface area contributed by atoms with E-state index in [2.05, 4.69) is 47.9 Å². The topological polar surface area (TPSA) is 338 Å². The Kier molecular flexibility index (Phi) is 19.3. The van der Waals surface area contributed by atoms with Gasteiger partial charge in [0.15, 0.2) is 12.3 Å². The SMILES string of the molecule is CCC(=O)NC1C[C@@]23c4cccc(c4NC2Oc2c4cc(cc23)C(O)C(C(=O)NC[C-]=O)NC(=O)C(NC(=O)C(C)NC(=O)c2ccc(-c3ccccc3)cc2)CC(C)C4)OC(C)(CC)C(C(=O)O)NC(=O)CNC(=O)CNC1=O.[Na+]. The van der Waals surface area contributed by atoms with E-state index in [9.17, 15) is 58.2 Å². The quantitative estimate of drug-likeness (QED) is 0.0544. The molecule has 6 bridgehead atoms. The number of carboxylic acids is 1. The van der Waals surface area contributed by atoms with Crippen LogP contribution < -0.4 is 86.9 Å². The van der Waals surface area contributed by atoms with Crippen LogP contribution in [0.5, 0.6) is 11.5 Å². The van der Waals surface area contributed by atoms with Gasteiger partial charge in [-0.15, -0.1) is 0 Å². The molecule has 8 rings (SSSR count). The Bertz CT molecular complexity index is 3110. The molecule has 4 aliphatic rings. The van der Waals surface area contributed by atoms with Gasteiger partial charge in [-0.25, -0.2) is 11.1 Å². The third-order valence-electron chi connectivity index (χ3n) is 15.1. The number of para-hydroxylation sites is 1. The molecular weight excluding hydrogens is 1060 g/mol. The molecule has 11 N–H and O–H groups in total. The molecule has 422 valence electrons. The smallest absolute Gasteiger partial charge is 0.540 e. The molecule has 81 heavy (non-hydrogen) atoms. The average molecular weight is 1120 g/mol. The number of carbonyl (C=O) groups is 9. The van der Waals surface area contributed by atoms with E-state index in [1.807, 2.05) is 37.3 Å². The number of carbonyl (C=O) groups excluding carboxylic acids is 9. The Balaban J connectivity index is 0.00000946. The van der Waals surface area contributed by atoms with Gasteiger partial charge < -0.3 is 72.3 Å². The fourth-order valence-corrected chi connectivity index (χ4v) is 10.7. The minimum Gasteiger partial charge on any atom is -0.540 e. The third-order valence-corrected chi connectivity index (χ3v) is 15.1. The summed E-state index contributed by atoms with van der Waals surface area (Å²) in [7, 11) is 0. The van der Waals surface area contributed by atoms with Crippen LogP contribution in [0, 0.1) is 5.92 Å². The summed E-state index contributed by atoms with van der Waals surface area (Å²) in [6.45, 7) is 6.09. The number of fused-ring (bicyclic) bond motifs is 4. The van der Waals surface area contributed by atoms with Gasteiger partial charge >= 0.3 is 35.5 Å². The number of anilines is 1. The number of carboxylic acid groups (broad SMARTS) is 1. The standard InChI is InChI=1S/C57H64N9O14.Na/c1-6-41(68)62-39-26-57-36-14-11-15-40(80-56(5,7-2)48(54(77)78)64-43(70)28-59-42(69)27-60-51(39)74)44(36)66-55(57)79-47-35-22-29(3)23-38(52(75)65-45(53(76)58-20-21-67)46(71)34(24-35)25-37(47)57)63-49(72)30(4)61-50(73)33-18-16-32(17-19-33)31-12-9-8-10-13-31;/h8-19,24-25,29-30,38-39,45-46,48,55,66,71H,6-7,20,22-23,26-28H2,1-5H3,(H,58,76)(H,59,69)(H,60,74)(H,61,73)(H,62,68)(H,63,72)(H,64,70)(H,65,75)(H,77,78);/q-1;+1/t29?,30?,38?,39?,45?,46?,48?,55?,56?,57-;/m0./s1. The van der Waals surface area contributed by atoms with Crippen molar-refractivity contribution in [1.29, 1.82) is 0 Å². The minimum atomic E-state index is -1.88. The summed E-state index contributed by atoms with van der Waals surface area (Å²) in [6.07, 6.45) is -1.70. The van der Waals surface area contributed by atoms with Crippen molar-refractivity contribution in [1.82, 2.24) is 42.5 Å². The number of benzene rings is 4. The van der Waals surface area contributed by atoms with Crippen molar-refractivity contribution in [3.63, 3.8) is 0 Å². The van der Waals surface area contributed by atoms with Crippen molar-refractivity contribution in [2.75, 3.05) is 25.0 Å². The van der Waals surface area contributed by atoms with Crippen molar-refractivity contribution in [3.8, 4) is 22.6 Å². The number of aliphatic carboxylic acids is 1. The monoisotopic (exact) mass is 1120 g/mol. The van der Waals surface area contributed by atoms with Crippen molar-refractivity contribution in [3.05, 3.63) is 113 Å². The molecule has 4 heterocycles. The molecule has 0 radical (unpaired) electrons. The Morgan fingerprint density at radius 1 is 0.827 bits per heavy atom. The van der Waals surface area contributed by atoms with E-state index in [-0.39, 0.29) is 84.3 Å². The first-order chi connectivity index (χ1) is 38.2. The van der Waals surface area contributed by atoms with Gasteiger partial charge in [0, 0.05) is 17.5 Å². The van der Waals surface area contributed by atoms with E-state index in [1.54, 1.807) is 74.7 Å². The van der Waals surface area contributed by atoms with Gasteiger partial charge in [-0.2, -0.15) is 0 Å². The molecular formula is C57H64N9NaO14. The number of hydrogen-bond acceptors (Lipinski definition) is 14. The zero-order valence-corrected chi connectivity index (χ0v) is 47.7. The maximum absolute atomic E-state index is 14.5. The molecule has 10 atom stereocenters. The Morgan fingerprint density at radius 3 is 2.21 bits per heavy atom. The molecule has 0 saturated carbocycles. The van der Waals surface area contributed by atoms with Gasteiger partial charge in [0.2, 0.25) is 41.4 Å². The largest absolute Gasteiger partial charge is 1.00 e. The maximum atomic E-state index is 14.5. The van der Waals surface area contributed by atoms with Gasteiger partial charge in [0.05, 0.1) is 24.2 Å². The summed E-state index contributed by atoms with van der Waals surface area (Å²) in [6, 6.07) is 17.0. The summed E-state index contributed by atoms with van der Waals surface area (Å²) in [5.41, 5.74) is 0.506. The Morgan fingerprint density at radius 2 is 1.53 bits per heavy atom. The maximum Gasteiger partial charge on any atom is 1.00 e. The van der Waals surface area contributed by atoms with E-state index in [1.165, 1.54) is 13.8 Å². The fourth-order valence-electron chi connectivity index (χ4n) is 10.7. The third kappa shape index (κ3) is 13.0. The van der Waals surface area contributed by atoms with Gasteiger partial charge in [-0.05, 0) is 104 Å². The molecule has 4 aliphatic heterocycles. The molecule has 0 saturated heterocycles. The predicted octanol–water partition coefficient (Wildman–Crippen LogP) is -1.93. The summed E-state index contributed by atoms with van der Waals surface area (Å²) in [5, 5.41) is 46.9. The van der Waals surface area contributed by atoms with Crippen molar-refractivity contribution < 1.29 is 97.2 Å². The first kappa shape index (κ1) is 60.8. The Labute approximate surface area is 488 Å². The first-order valence-electron chi connectivity index (χ1n) is 26.4. The van der Waals surface area contributed by atoms with Crippen LogP contribution in [0.3, 0.4) is 0 Å². The van der Waals surface area contributed by atoms with Crippen molar-refractivity contribution in [2.24, 2.45) is 5.92 Å². The second-order valence-electron chi connectivity index (χ2n) is 20.7. The summed E-state index contributed by atoms with van der Waals surface area (Å²) in [4.78, 5) is 134. The van der Waals surface area contributed by atoms with E-state index < -0.39 is 132 Å². The van der Waals surface area contributed by atoms with Crippen molar-refractivity contribution in [2.45, 2.75) is 120 Å². The van der Waals surface area contributed by atoms with Gasteiger partial charge in [0.1, 0.15) is 47.4 Å². The number of ether oxygens (including phenoxy) is 2. The van der Waals surface area contributed by atoms with Gasteiger partial charge in [-0.3, -0.25) is 38.4 Å². The zero-order chi connectivity index (χ0) is 57.6. The van der Waals surface area contributed by atoms with Crippen LogP contribution in [0.2, 0.25) is 0 Å². The summed E-state index contributed by atoms with van der Waals surface area (Å²) in [5.74, 6) is -7.70. The molecule has 8 amide bonds. The van der Waals surface area contributed by atoms with Crippen LogP contribution in [0.15, 0.2) is 84.9 Å². The van der Waals surface area contributed by atoms with E-state index in [0.29, 0.717) is 22.4 Å². The average Bonchev–Trinajstić information content (AvgIpc) is 3.96. The molecule has 9 unspecified atom stereocenters. The fraction of sp³-hybridized carbons (Fsp3) is 0.404. The Hall–Kier alpha value is -7.86.